The topological polar surface area (TPSA) is 41.8 Å². The lowest BCUT2D eigenvalue weighted by Gasteiger charge is -2.31. The average Bonchev–Trinajstić information content (AvgIpc) is 3.15. The molecule has 0 spiro atoms. The summed E-state index contributed by atoms with van der Waals surface area (Å²) >= 11 is 0. The maximum atomic E-state index is 13.9. The van der Waals surface area contributed by atoms with E-state index in [1.165, 1.54) is 48.7 Å². The standard InChI is InChI=1S/C23H16BF4NO2/c24-17-2-1-3-19(11-17)31-13-22(30,23(26,27)28)16-6-9-20-15(10-16)12-29-21(20)14-4-7-18(25)8-5-14/h1-12,21,30H,13H2. The SMILES string of the molecule is [B]c1cccc(OCC(O)(c2ccc3c(c2)C=NC3c2ccc(F)cc2)C(F)(F)F)c1. The number of nitrogens with zero attached hydrogens (tertiary/aromatic N) is 1. The molecule has 156 valence electrons. The van der Waals surface area contributed by atoms with E-state index in [0.29, 0.717) is 22.2 Å². The largest absolute Gasteiger partial charge is 0.490 e. The van der Waals surface area contributed by atoms with Crippen molar-refractivity contribution in [1.29, 1.82) is 0 Å². The van der Waals surface area contributed by atoms with Crippen molar-refractivity contribution < 1.29 is 27.4 Å². The number of fused-ring (bicyclic) bond motifs is 1. The third-order valence-corrected chi connectivity index (χ3v) is 5.18. The molecule has 2 unspecified atom stereocenters. The van der Waals surface area contributed by atoms with Crippen molar-refractivity contribution in [1.82, 2.24) is 0 Å². The first kappa shape index (κ1) is 21.1. The van der Waals surface area contributed by atoms with E-state index in [0.717, 1.165) is 0 Å². The first-order valence-electron chi connectivity index (χ1n) is 9.38. The number of aliphatic hydroxyl groups is 1. The van der Waals surface area contributed by atoms with Crippen molar-refractivity contribution in [3.8, 4) is 5.75 Å². The molecule has 2 atom stereocenters. The molecule has 4 rings (SSSR count). The highest BCUT2D eigenvalue weighted by atomic mass is 19.4. The summed E-state index contributed by atoms with van der Waals surface area (Å²) in [6.07, 6.45) is -3.55. The van der Waals surface area contributed by atoms with E-state index in [1.54, 1.807) is 24.3 Å². The molecular weight excluding hydrogens is 409 g/mol. The number of rotatable bonds is 5. The van der Waals surface area contributed by atoms with Crippen LogP contribution in [0.4, 0.5) is 17.6 Å². The minimum absolute atomic E-state index is 0.113. The molecule has 3 nitrogen and oxygen atoms in total. The molecule has 0 aliphatic carbocycles. The van der Waals surface area contributed by atoms with Crippen LogP contribution in [0.3, 0.4) is 0 Å². The molecule has 0 saturated heterocycles. The fourth-order valence-electron chi connectivity index (χ4n) is 3.46. The van der Waals surface area contributed by atoms with Gasteiger partial charge in [-0.3, -0.25) is 4.99 Å². The molecule has 1 aliphatic rings. The highest BCUT2D eigenvalue weighted by Gasteiger charge is 2.56. The van der Waals surface area contributed by atoms with E-state index in [-0.39, 0.29) is 11.3 Å². The average molecular weight is 425 g/mol. The van der Waals surface area contributed by atoms with E-state index < -0.39 is 30.2 Å². The van der Waals surface area contributed by atoms with Gasteiger partial charge in [-0.2, -0.15) is 13.2 Å². The van der Waals surface area contributed by atoms with Crippen LogP contribution in [0.25, 0.3) is 0 Å². The number of aliphatic imine (C=N–C) groups is 1. The number of hydrogen-bond donors (Lipinski definition) is 1. The van der Waals surface area contributed by atoms with Gasteiger partial charge in [0, 0.05) is 6.21 Å². The van der Waals surface area contributed by atoms with Gasteiger partial charge in [0.05, 0.1) is 0 Å². The lowest BCUT2D eigenvalue weighted by Crippen LogP contribution is -2.47. The molecular formula is C23H16BF4NO2. The molecule has 2 radical (unpaired) electrons. The first-order chi connectivity index (χ1) is 14.7. The second-order valence-corrected chi connectivity index (χ2v) is 7.30. The Balaban J connectivity index is 1.64. The van der Waals surface area contributed by atoms with Crippen molar-refractivity contribution in [2.75, 3.05) is 6.61 Å². The summed E-state index contributed by atoms with van der Waals surface area (Å²) in [5.41, 5.74) is -1.47. The van der Waals surface area contributed by atoms with Crippen molar-refractivity contribution in [2.45, 2.75) is 17.8 Å². The Bertz CT molecular complexity index is 1130. The Kier molecular flexibility index (Phi) is 5.35. The van der Waals surface area contributed by atoms with E-state index in [2.05, 4.69) is 4.99 Å². The summed E-state index contributed by atoms with van der Waals surface area (Å²) < 4.78 is 60.1. The van der Waals surface area contributed by atoms with Crippen LogP contribution in [-0.4, -0.2) is 32.0 Å². The van der Waals surface area contributed by atoms with E-state index in [9.17, 15) is 22.7 Å². The highest BCUT2D eigenvalue weighted by Crippen LogP contribution is 2.42. The third kappa shape index (κ3) is 4.08. The van der Waals surface area contributed by atoms with Gasteiger partial charge in [0.1, 0.15) is 32.1 Å². The Labute approximate surface area is 177 Å². The highest BCUT2D eigenvalue weighted by molar-refractivity contribution is 6.32. The quantitative estimate of drug-likeness (QED) is 0.497. The van der Waals surface area contributed by atoms with Gasteiger partial charge >= 0.3 is 6.18 Å². The Morgan fingerprint density at radius 2 is 1.74 bits per heavy atom. The van der Waals surface area contributed by atoms with Gasteiger partial charge in [-0.05, 0) is 52.6 Å². The molecule has 1 N–H and O–H groups in total. The van der Waals surface area contributed by atoms with Crippen LogP contribution in [0.5, 0.6) is 5.75 Å². The zero-order chi connectivity index (χ0) is 22.2. The van der Waals surface area contributed by atoms with Crippen molar-refractivity contribution in [3.05, 3.63) is 94.8 Å². The fraction of sp³-hybridized carbons (Fsp3) is 0.174. The third-order valence-electron chi connectivity index (χ3n) is 5.18. The second-order valence-electron chi connectivity index (χ2n) is 7.30. The number of benzene rings is 3. The molecule has 1 aliphatic heterocycles. The summed E-state index contributed by atoms with van der Waals surface area (Å²) in [5, 5.41) is 10.6. The van der Waals surface area contributed by atoms with Gasteiger partial charge in [0.15, 0.2) is 0 Å². The maximum Gasteiger partial charge on any atom is 0.424 e. The van der Waals surface area contributed by atoms with Crippen molar-refractivity contribution in [3.63, 3.8) is 0 Å². The molecule has 0 saturated carbocycles. The molecule has 0 aromatic heterocycles. The maximum absolute atomic E-state index is 13.9. The van der Waals surface area contributed by atoms with Crippen LogP contribution in [-0.2, 0) is 5.60 Å². The van der Waals surface area contributed by atoms with Gasteiger partial charge in [-0.25, -0.2) is 4.39 Å². The number of ether oxygens (including phenoxy) is 1. The van der Waals surface area contributed by atoms with E-state index in [4.69, 9.17) is 12.6 Å². The predicted molar refractivity (Wildman–Crippen MR) is 110 cm³/mol. The van der Waals surface area contributed by atoms with Gasteiger partial charge in [0.25, 0.3) is 0 Å². The van der Waals surface area contributed by atoms with Crippen LogP contribution >= 0.6 is 0 Å². The zero-order valence-electron chi connectivity index (χ0n) is 16.1. The molecule has 0 amide bonds. The monoisotopic (exact) mass is 425 g/mol. The van der Waals surface area contributed by atoms with Crippen LogP contribution in [0.15, 0.2) is 71.7 Å². The molecule has 3 aromatic rings. The van der Waals surface area contributed by atoms with Gasteiger partial charge in [0.2, 0.25) is 5.60 Å². The first-order valence-corrected chi connectivity index (χ1v) is 9.38. The fourth-order valence-corrected chi connectivity index (χ4v) is 3.46. The predicted octanol–water partition coefficient (Wildman–Crippen LogP) is 3.97. The molecule has 31 heavy (non-hydrogen) atoms. The molecule has 0 fully saturated rings. The summed E-state index contributed by atoms with van der Waals surface area (Å²) in [6.45, 7) is -1.04. The lowest BCUT2D eigenvalue weighted by atomic mass is 9.89. The number of halogens is 4. The smallest absolute Gasteiger partial charge is 0.424 e. The summed E-state index contributed by atoms with van der Waals surface area (Å²) in [4.78, 5) is 4.34. The van der Waals surface area contributed by atoms with Crippen LogP contribution in [0.2, 0.25) is 0 Å². The number of hydrogen-bond acceptors (Lipinski definition) is 3. The minimum Gasteiger partial charge on any atom is -0.490 e. The molecule has 3 aromatic carbocycles. The van der Waals surface area contributed by atoms with Crippen molar-refractivity contribution >= 4 is 19.5 Å². The molecule has 0 bridgehead atoms. The lowest BCUT2D eigenvalue weighted by molar-refractivity contribution is -0.275. The summed E-state index contributed by atoms with van der Waals surface area (Å²) in [5.74, 6) is -0.279. The Hall–Kier alpha value is -3.13. The van der Waals surface area contributed by atoms with Gasteiger partial charge in [-0.1, -0.05) is 41.9 Å². The van der Waals surface area contributed by atoms with Crippen molar-refractivity contribution in [2.24, 2.45) is 4.99 Å². The van der Waals surface area contributed by atoms with E-state index in [1.807, 2.05) is 0 Å². The van der Waals surface area contributed by atoms with Crippen LogP contribution < -0.4 is 10.2 Å². The second kappa shape index (κ2) is 7.85. The zero-order valence-corrected chi connectivity index (χ0v) is 16.1. The van der Waals surface area contributed by atoms with Gasteiger partial charge in [-0.15, -0.1) is 0 Å². The molecule has 8 heteroatoms. The Morgan fingerprint density at radius 3 is 2.42 bits per heavy atom. The Morgan fingerprint density at radius 1 is 1.00 bits per heavy atom. The normalized spacial score (nSPS) is 17.3. The summed E-state index contributed by atoms with van der Waals surface area (Å²) in [7, 11) is 5.63. The van der Waals surface area contributed by atoms with E-state index >= 15 is 0 Å². The van der Waals surface area contributed by atoms with Gasteiger partial charge < -0.3 is 9.84 Å². The summed E-state index contributed by atoms with van der Waals surface area (Å²) in [6, 6.07) is 15.2. The molecule has 1 heterocycles. The number of alkyl halides is 3. The minimum atomic E-state index is -4.99. The van der Waals surface area contributed by atoms with Crippen LogP contribution in [0, 0.1) is 5.82 Å². The van der Waals surface area contributed by atoms with Crippen LogP contribution in [0.1, 0.15) is 28.3 Å².